The van der Waals surface area contributed by atoms with Gasteiger partial charge in [-0.2, -0.15) is 0 Å². The first kappa shape index (κ1) is 15.4. The van der Waals surface area contributed by atoms with Crippen molar-refractivity contribution in [2.24, 2.45) is 0 Å². The molecule has 0 spiro atoms. The van der Waals surface area contributed by atoms with E-state index in [1.54, 1.807) is 11.8 Å². The molecule has 2 rings (SSSR count). The van der Waals surface area contributed by atoms with Crippen molar-refractivity contribution in [2.45, 2.75) is 19.6 Å². The second-order valence-electron chi connectivity index (χ2n) is 5.10. The van der Waals surface area contributed by atoms with Crippen molar-refractivity contribution < 1.29 is 4.79 Å². The minimum absolute atomic E-state index is 0.0316. The number of aryl methyl sites for hydroxylation is 2. The smallest absolute Gasteiger partial charge is 0.234 e. The maximum absolute atomic E-state index is 12.0. The Morgan fingerprint density at radius 2 is 1.86 bits per heavy atom. The Morgan fingerprint density at radius 1 is 1.14 bits per heavy atom. The molecule has 4 heteroatoms. The fourth-order valence-corrected chi connectivity index (χ4v) is 2.72. The molecular weight excluding hydrogens is 280 g/mol. The number of carbonyl (C=O) groups is 1. The highest BCUT2D eigenvalue weighted by atomic mass is 32.2. The minimum Gasteiger partial charge on any atom is -0.399 e. The summed E-state index contributed by atoms with van der Waals surface area (Å²) in [6.07, 6.45) is 0. The largest absolute Gasteiger partial charge is 0.399 e. The lowest BCUT2D eigenvalue weighted by atomic mass is 10.1. The molecule has 3 N–H and O–H groups in total. The van der Waals surface area contributed by atoms with Gasteiger partial charge in [-0.25, -0.2) is 0 Å². The van der Waals surface area contributed by atoms with E-state index in [2.05, 4.69) is 5.32 Å². The maximum atomic E-state index is 12.0. The van der Waals surface area contributed by atoms with Crippen molar-refractivity contribution in [1.82, 2.24) is 0 Å². The quantitative estimate of drug-likeness (QED) is 0.827. The molecule has 0 saturated carbocycles. The number of benzene rings is 2. The van der Waals surface area contributed by atoms with E-state index in [1.165, 1.54) is 5.56 Å². The van der Waals surface area contributed by atoms with Crippen molar-refractivity contribution in [3.63, 3.8) is 0 Å². The Kier molecular flexibility index (Phi) is 5.28. The van der Waals surface area contributed by atoms with Gasteiger partial charge in [0.25, 0.3) is 0 Å². The van der Waals surface area contributed by atoms with Gasteiger partial charge in [0.2, 0.25) is 5.91 Å². The number of anilines is 2. The zero-order valence-electron chi connectivity index (χ0n) is 12.3. The number of thioether (sulfide) groups is 1. The Bertz CT molecular complexity index is 623. The van der Waals surface area contributed by atoms with Gasteiger partial charge in [-0.1, -0.05) is 24.3 Å². The third kappa shape index (κ3) is 4.83. The zero-order chi connectivity index (χ0) is 15.2. The van der Waals surface area contributed by atoms with Gasteiger partial charge in [-0.3, -0.25) is 4.79 Å². The molecule has 0 atom stereocenters. The van der Waals surface area contributed by atoms with E-state index in [4.69, 9.17) is 5.73 Å². The molecule has 0 aliphatic heterocycles. The Labute approximate surface area is 129 Å². The van der Waals surface area contributed by atoms with Crippen LogP contribution in [-0.4, -0.2) is 11.7 Å². The molecule has 2 aromatic rings. The van der Waals surface area contributed by atoms with E-state index >= 15 is 0 Å². The average molecular weight is 300 g/mol. The second-order valence-corrected chi connectivity index (χ2v) is 6.09. The van der Waals surface area contributed by atoms with Gasteiger partial charge < -0.3 is 11.1 Å². The lowest BCUT2D eigenvalue weighted by Gasteiger charge is -2.09. The Hall–Kier alpha value is -1.94. The van der Waals surface area contributed by atoms with Gasteiger partial charge in [0.1, 0.15) is 0 Å². The fourth-order valence-electron chi connectivity index (χ4n) is 1.93. The molecule has 3 nitrogen and oxygen atoms in total. The molecule has 0 saturated heterocycles. The third-order valence-corrected chi connectivity index (χ3v) is 4.15. The average Bonchev–Trinajstić information content (AvgIpc) is 2.45. The molecule has 0 heterocycles. The molecule has 0 bridgehead atoms. The van der Waals surface area contributed by atoms with Crippen molar-refractivity contribution in [3.05, 3.63) is 59.2 Å². The summed E-state index contributed by atoms with van der Waals surface area (Å²) in [5, 5.41) is 2.97. The van der Waals surface area contributed by atoms with E-state index < -0.39 is 0 Å². The van der Waals surface area contributed by atoms with Crippen LogP contribution in [0, 0.1) is 13.8 Å². The summed E-state index contributed by atoms with van der Waals surface area (Å²) in [5.41, 5.74) is 10.7. The number of carbonyl (C=O) groups excluding carboxylic acids is 1. The van der Waals surface area contributed by atoms with E-state index in [1.807, 2.05) is 56.3 Å². The first-order valence-corrected chi connectivity index (χ1v) is 7.99. The summed E-state index contributed by atoms with van der Waals surface area (Å²) in [5.74, 6) is 1.28. The molecule has 21 heavy (non-hydrogen) atoms. The molecule has 0 aliphatic carbocycles. The number of hydrogen-bond donors (Lipinski definition) is 2. The molecule has 2 aromatic carbocycles. The molecule has 1 amide bonds. The van der Waals surface area contributed by atoms with Crippen LogP contribution in [0.5, 0.6) is 0 Å². The molecular formula is C17H20N2OS. The molecule has 0 aliphatic rings. The molecule has 0 fully saturated rings. The second kappa shape index (κ2) is 7.18. The van der Waals surface area contributed by atoms with Crippen LogP contribution < -0.4 is 11.1 Å². The van der Waals surface area contributed by atoms with Crippen LogP contribution in [0.25, 0.3) is 0 Å². The van der Waals surface area contributed by atoms with E-state index in [-0.39, 0.29) is 5.91 Å². The summed E-state index contributed by atoms with van der Waals surface area (Å²) in [6.45, 7) is 4.02. The van der Waals surface area contributed by atoms with Crippen LogP contribution in [-0.2, 0) is 10.5 Å². The zero-order valence-corrected chi connectivity index (χ0v) is 13.2. The predicted octanol–water partition coefficient (Wildman–Crippen LogP) is 3.76. The van der Waals surface area contributed by atoms with Crippen LogP contribution in [0.15, 0.2) is 42.5 Å². The van der Waals surface area contributed by atoms with Crippen molar-refractivity contribution in [2.75, 3.05) is 16.8 Å². The van der Waals surface area contributed by atoms with Gasteiger partial charge in [0.15, 0.2) is 0 Å². The molecule has 0 unspecified atom stereocenters. The lowest BCUT2D eigenvalue weighted by molar-refractivity contribution is -0.113. The summed E-state index contributed by atoms with van der Waals surface area (Å²) < 4.78 is 0. The number of rotatable bonds is 5. The van der Waals surface area contributed by atoms with Crippen LogP contribution in [0.2, 0.25) is 0 Å². The number of nitrogens with one attached hydrogen (secondary N) is 1. The van der Waals surface area contributed by atoms with Crippen LogP contribution in [0.3, 0.4) is 0 Å². The van der Waals surface area contributed by atoms with Crippen molar-refractivity contribution in [1.29, 1.82) is 0 Å². The maximum Gasteiger partial charge on any atom is 0.234 e. The number of amides is 1. The number of nitrogen functional groups attached to an aromatic ring is 1. The highest BCUT2D eigenvalue weighted by molar-refractivity contribution is 7.99. The first-order valence-electron chi connectivity index (χ1n) is 6.84. The molecule has 110 valence electrons. The SMILES string of the molecule is Cc1ccc(C)c(NC(=O)CSCc2ccc(N)cc2)c1. The molecule has 0 radical (unpaired) electrons. The van der Waals surface area contributed by atoms with Gasteiger partial charge in [-0.15, -0.1) is 11.8 Å². The van der Waals surface area contributed by atoms with Crippen LogP contribution in [0.4, 0.5) is 11.4 Å². The van der Waals surface area contributed by atoms with E-state index in [0.717, 1.165) is 28.3 Å². The number of hydrogen-bond acceptors (Lipinski definition) is 3. The van der Waals surface area contributed by atoms with E-state index in [0.29, 0.717) is 5.75 Å². The monoisotopic (exact) mass is 300 g/mol. The minimum atomic E-state index is 0.0316. The first-order chi connectivity index (χ1) is 10.0. The fraction of sp³-hybridized carbons (Fsp3) is 0.235. The Balaban J connectivity index is 1.82. The van der Waals surface area contributed by atoms with Gasteiger partial charge in [0.05, 0.1) is 5.75 Å². The van der Waals surface area contributed by atoms with Crippen LogP contribution >= 0.6 is 11.8 Å². The number of nitrogens with two attached hydrogens (primary N) is 1. The normalized spacial score (nSPS) is 10.4. The highest BCUT2D eigenvalue weighted by Crippen LogP contribution is 2.18. The summed E-state index contributed by atoms with van der Waals surface area (Å²) in [6, 6.07) is 13.8. The highest BCUT2D eigenvalue weighted by Gasteiger charge is 2.05. The predicted molar refractivity (Wildman–Crippen MR) is 91.6 cm³/mol. The van der Waals surface area contributed by atoms with Crippen molar-refractivity contribution >= 4 is 29.0 Å². The Morgan fingerprint density at radius 3 is 2.57 bits per heavy atom. The lowest BCUT2D eigenvalue weighted by Crippen LogP contribution is -2.15. The summed E-state index contributed by atoms with van der Waals surface area (Å²) in [7, 11) is 0. The van der Waals surface area contributed by atoms with Gasteiger partial charge >= 0.3 is 0 Å². The topological polar surface area (TPSA) is 55.1 Å². The van der Waals surface area contributed by atoms with Crippen LogP contribution in [0.1, 0.15) is 16.7 Å². The van der Waals surface area contributed by atoms with Crippen molar-refractivity contribution in [3.8, 4) is 0 Å². The molecule has 0 aromatic heterocycles. The van der Waals surface area contributed by atoms with Gasteiger partial charge in [0, 0.05) is 17.1 Å². The standard InChI is InChI=1S/C17H20N2OS/c1-12-3-4-13(2)16(9-12)19-17(20)11-21-10-14-5-7-15(18)8-6-14/h3-9H,10-11,18H2,1-2H3,(H,19,20). The summed E-state index contributed by atoms with van der Waals surface area (Å²) in [4.78, 5) is 12.0. The van der Waals surface area contributed by atoms with E-state index in [9.17, 15) is 4.79 Å². The van der Waals surface area contributed by atoms with Gasteiger partial charge in [-0.05, 0) is 48.7 Å². The third-order valence-electron chi connectivity index (χ3n) is 3.15. The summed E-state index contributed by atoms with van der Waals surface area (Å²) >= 11 is 1.60.